The number of urea groups is 1. The number of rotatable bonds is 6. The highest BCUT2D eigenvalue weighted by atomic mass is 16.2. The lowest BCUT2D eigenvalue weighted by Crippen LogP contribution is -2.76. The van der Waals surface area contributed by atoms with Gasteiger partial charge in [-0.05, 0) is 30.4 Å². The molecule has 3 atom stereocenters. The SMILES string of the molecule is CC(C)C[C@H]1C(=O)N([C@H](C)c2ccccc2)C[C@H]2N1C(=O)CN(C)N2C(=O)NCc1ccccc1. The van der Waals surface area contributed by atoms with Gasteiger partial charge in [0.25, 0.3) is 0 Å². The van der Waals surface area contributed by atoms with Crippen molar-refractivity contribution >= 4 is 17.8 Å². The van der Waals surface area contributed by atoms with Crippen LogP contribution in [0.4, 0.5) is 4.79 Å². The van der Waals surface area contributed by atoms with Crippen LogP contribution >= 0.6 is 0 Å². The number of piperazine rings is 1. The molecule has 8 nitrogen and oxygen atoms in total. The van der Waals surface area contributed by atoms with Crippen LogP contribution in [0.3, 0.4) is 0 Å². The van der Waals surface area contributed by atoms with Crippen molar-refractivity contribution in [1.29, 1.82) is 0 Å². The molecule has 8 heteroatoms. The van der Waals surface area contributed by atoms with Crippen molar-refractivity contribution in [3.63, 3.8) is 0 Å². The van der Waals surface area contributed by atoms with Crippen LogP contribution in [0.15, 0.2) is 60.7 Å². The first kappa shape index (κ1) is 24.7. The van der Waals surface area contributed by atoms with Crippen LogP contribution in [-0.2, 0) is 16.1 Å². The maximum atomic E-state index is 13.7. The fraction of sp³-hybridized carbons (Fsp3) is 0.444. The maximum Gasteiger partial charge on any atom is 0.334 e. The number of fused-ring (bicyclic) bond motifs is 1. The Morgan fingerprint density at radius 3 is 2.26 bits per heavy atom. The highest BCUT2D eigenvalue weighted by Crippen LogP contribution is 2.33. The molecule has 0 saturated carbocycles. The van der Waals surface area contributed by atoms with E-state index in [0.29, 0.717) is 13.0 Å². The summed E-state index contributed by atoms with van der Waals surface area (Å²) in [6.07, 6.45) is -0.0351. The summed E-state index contributed by atoms with van der Waals surface area (Å²) in [6.45, 7) is 6.77. The Morgan fingerprint density at radius 2 is 1.63 bits per heavy atom. The smallest absolute Gasteiger partial charge is 0.333 e. The van der Waals surface area contributed by atoms with Gasteiger partial charge in [-0.2, -0.15) is 0 Å². The number of hydrazine groups is 1. The molecule has 2 aromatic carbocycles. The second-order valence-electron chi connectivity index (χ2n) is 9.81. The molecule has 0 bridgehead atoms. The zero-order valence-corrected chi connectivity index (χ0v) is 20.9. The zero-order valence-electron chi connectivity index (χ0n) is 20.9. The number of likely N-dealkylation sites (N-methyl/N-ethyl adjacent to an activating group) is 1. The van der Waals surface area contributed by atoms with E-state index in [-0.39, 0.29) is 42.9 Å². The Balaban J connectivity index is 1.64. The van der Waals surface area contributed by atoms with Gasteiger partial charge in [-0.15, -0.1) is 0 Å². The molecular formula is C27H35N5O3. The lowest BCUT2D eigenvalue weighted by atomic mass is 9.95. The molecule has 35 heavy (non-hydrogen) atoms. The standard InChI is InChI=1S/C27H35N5O3/c1-19(2)15-23-26(34)30(20(3)22-13-9-6-10-14-22)17-24-31(23)25(33)18-29(4)32(24)27(35)28-16-21-11-7-5-8-12-21/h5-14,19-20,23-24H,15-18H2,1-4H3,(H,28,35)/t20-,23+,24+/m1/s1. The number of amides is 4. The molecule has 186 valence electrons. The normalized spacial score (nSPS) is 21.8. The Morgan fingerprint density at radius 1 is 1.00 bits per heavy atom. The van der Waals surface area contributed by atoms with E-state index in [2.05, 4.69) is 5.32 Å². The van der Waals surface area contributed by atoms with Crippen molar-refractivity contribution in [3.05, 3.63) is 71.8 Å². The predicted molar refractivity (Wildman–Crippen MR) is 134 cm³/mol. The summed E-state index contributed by atoms with van der Waals surface area (Å²) >= 11 is 0. The van der Waals surface area contributed by atoms with E-state index in [1.807, 2.05) is 86.3 Å². The lowest BCUT2D eigenvalue weighted by Gasteiger charge is -2.55. The average Bonchev–Trinajstić information content (AvgIpc) is 2.84. The molecule has 4 amide bonds. The molecule has 2 aromatic rings. The quantitative estimate of drug-likeness (QED) is 0.693. The molecule has 1 N–H and O–H groups in total. The van der Waals surface area contributed by atoms with Crippen LogP contribution in [0.25, 0.3) is 0 Å². The van der Waals surface area contributed by atoms with E-state index < -0.39 is 12.2 Å². The third-order valence-electron chi connectivity index (χ3n) is 6.83. The largest absolute Gasteiger partial charge is 0.334 e. The molecule has 4 rings (SSSR count). The van der Waals surface area contributed by atoms with Gasteiger partial charge in [-0.1, -0.05) is 74.5 Å². The van der Waals surface area contributed by atoms with Gasteiger partial charge in [0.2, 0.25) is 11.8 Å². The van der Waals surface area contributed by atoms with Gasteiger partial charge in [-0.25, -0.2) is 14.8 Å². The van der Waals surface area contributed by atoms with Crippen molar-refractivity contribution in [2.45, 2.75) is 52.0 Å². The monoisotopic (exact) mass is 477 g/mol. The van der Waals surface area contributed by atoms with Crippen molar-refractivity contribution < 1.29 is 14.4 Å². The van der Waals surface area contributed by atoms with Crippen molar-refractivity contribution in [2.75, 3.05) is 20.1 Å². The number of nitrogens with zero attached hydrogens (tertiary/aromatic N) is 4. The molecule has 0 radical (unpaired) electrons. The minimum atomic E-state index is -0.606. The van der Waals surface area contributed by atoms with Gasteiger partial charge in [0.15, 0.2) is 0 Å². The van der Waals surface area contributed by atoms with E-state index in [9.17, 15) is 14.4 Å². The van der Waals surface area contributed by atoms with E-state index in [0.717, 1.165) is 11.1 Å². The van der Waals surface area contributed by atoms with E-state index in [4.69, 9.17) is 0 Å². The van der Waals surface area contributed by atoms with E-state index in [1.54, 1.807) is 22.0 Å². The molecule has 0 aromatic heterocycles. The average molecular weight is 478 g/mol. The zero-order chi connectivity index (χ0) is 25.1. The topological polar surface area (TPSA) is 76.2 Å². The molecule has 2 heterocycles. The van der Waals surface area contributed by atoms with Gasteiger partial charge in [-0.3, -0.25) is 9.59 Å². The Hall–Kier alpha value is -3.39. The highest BCUT2D eigenvalue weighted by molar-refractivity contribution is 5.91. The van der Waals surface area contributed by atoms with Crippen LogP contribution in [0.1, 0.15) is 44.4 Å². The summed E-state index contributed by atoms with van der Waals surface area (Å²) in [5.41, 5.74) is 2.01. The van der Waals surface area contributed by atoms with Crippen molar-refractivity contribution in [2.24, 2.45) is 5.92 Å². The third-order valence-corrected chi connectivity index (χ3v) is 6.83. The Bertz CT molecular complexity index is 1050. The fourth-order valence-corrected chi connectivity index (χ4v) is 5.05. The number of hydrogen-bond donors (Lipinski definition) is 1. The van der Waals surface area contributed by atoms with E-state index >= 15 is 0 Å². The first-order valence-corrected chi connectivity index (χ1v) is 12.3. The molecular weight excluding hydrogens is 442 g/mol. The van der Waals surface area contributed by atoms with Crippen LogP contribution in [0.2, 0.25) is 0 Å². The first-order valence-electron chi connectivity index (χ1n) is 12.3. The summed E-state index contributed by atoms with van der Waals surface area (Å²) in [5.74, 6) is 0.0221. The van der Waals surface area contributed by atoms with Crippen LogP contribution in [-0.4, -0.2) is 70.0 Å². The molecule has 2 aliphatic rings. The van der Waals surface area contributed by atoms with Crippen LogP contribution in [0, 0.1) is 5.92 Å². The predicted octanol–water partition coefficient (Wildman–Crippen LogP) is 3.23. The van der Waals surface area contributed by atoms with Gasteiger partial charge in [0.1, 0.15) is 12.2 Å². The summed E-state index contributed by atoms with van der Waals surface area (Å²) in [4.78, 5) is 43.9. The first-order chi connectivity index (χ1) is 16.8. The molecule has 2 saturated heterocycles. The third kappa shape index (κ3) is 5.17. The van der Waals surface area contributed by atoms with Gasteiger partial charge < -0.3 is 15.1 Å². The molecule has 2 aliphatic heterocycles. The fourth-order valence-electron chi connectivity index (χ4n) is 5.05. The highest BCUT2D eigenvalue weighted by Gasteiger charge is 2.51. The summed E-state index contributed by atoms with van der Waals surface area (Å²) in [6, 6.07) is 18.5. The minimum Gasteiger partial charge on any atom is -0.333 e. The second kappa shape index (κ2) is 10.5. The Kier molecular flexibility index (Phi) is 7.40. The lowest BCUT2D eigenvalue weighted by molar-refractivity contribution is -0.190. The minimum absolute atomic E-state index is 0.0470. The van der Waals surface area contributed by atoms with Crippen molar-refractivity contribution in [3.8, 4) is 0 Å². The molecule has 0 spiro atoms. The van der Waals surface area contributed by atoms with E-state index in [1.165, 1.54) is 0 Å². The molecule has 0 unspecified atom stereocenters. The summed E-state index contributed by atoms with van der Waals surface area (Å²) in [7, 11) is 1.75. The summed E-state index contributed by atoms with van der Waals surface area (Å²) < 4.78 is 0. The Labute approximate surface area is 207 Å². The molecule has 2 fully saturated rings. The molecule has 0 aliphatic carbocycles. The number of nitrogens with one attached hydrogen (secondary N) is 1. The number of hydrogen-bond acceptors (Lipinski definition) is 4. The summed E-state index contributed by atoms with van der Waals surface area (Å²) in [5, 5.41) is 6.26. The maximum absolute atomic E-state index is 13.7. The van der Waals surface area contributed by atoms with Crippen molar-refractivity contribution in [1.82, 2.24) is 25.1 Å². The van der Waals surface area contributed by atoms with Crippen LogP contribution in [0.5, 0.6) is 0 Å². The van der Waals surface area contributed by atoms with Gasteiger partial charge in [0.05, 0.1) is 19.1 Å². The number of benzene rings is 2. The number of carbonyl (C=O) groups excluding carboxylic acids is 3. The second-order valence-corrected chi connectivity index (χ2v) is 9.81. The van der Waals surface area contributed by atoms with Gasteiger partial charge >= 0.3 is 6.03 Å². The van der Waals surface area contributed by atoms with Gasteiger partial charge in [0, 0.05) is 13.6 Å². The van der Waals surface area contributed by atoms with Crippen LogP contribution < -0.4 is 5.32 Å². The number of carbonyl (C=O) groups is 3.